The van der Waals surface area contributed by atoms with Gasteiger partial charge < -0.3 is 19.9 Å². The van der Waals surface area contributed by atoms with E-state index in [-0.39, 0.29) is 18.4 Å². The van der Waals surface area contributed by atoms with E-state index in [2.05, 4.69) is 5.32 Å². The lowest BCUT2D eigenvalue weighted by molar-refractivity contribution is -0.895. The fourth-order valence-electron chi connectivity index (χ4n) is 3.35. The molecule has 0 spiro atoms. The summed E-state index contributed by atoms with van der Waals surface area (Å²) in [6.45, 7) is 6.80. The van der Waals surface area contributed by atoms with Crippen LogP contribution in [0.3, 0.4) is 0 Å². The average Bonchev–Trinajstić information content (AvgIpc) is 2.70. The van der Waals surface area contributed by atoms with E-state index in [0.29, 0.717) is 38.5 Å². The molecule has 29 heavy (non-hydrogen) atoms. The van der Waals surface area contributed by atoms with Crippen LogP contribution >= 0.6 is 0 Å². The molecule has 2 amide bonds. The van der Waals surface area contributed by atoms with Crippen molar-refractivity contribution < 1.29 is 23.6 Å². The third kappa shape index (κ3) is 5.77. The van der Waals surface area contributed by atoms with Crippen molar-refractivity contribution >= 4 is 17.5 Å². The van der Waals surface area contributed by atoms with Crippen LogP contribution in [0.25, 0.3) is 0 Å². The molecule has 2 aromatic rings. The highest BCUT2D eigenvalue weighted by Gasteiger charge is 2.25. The highest BCUT2D eigenvalue weighted by molar-refractivity contribution is 5.92. The van der Waals surface area contributed by atoms with Gasteiger partial charge in [0.05, 0.1) is 26.2 Å². The maximum absolute atomic E-state index is 13.2. The molecule has 1 fully saturated rings. The van der Waals surface area contributed by atoms with Gasteiger partial charge in [-0.2, -0.15) is 0 Å². The van der Waals surface area contributed by atoms with E-state index in [4.69, 9.17) is 4.74 Å². The summed E-state index contributed by atoms with van der Waals surface area (Å²) in [5.41, 5.74) is 3.06. The number of rotatable bonds is 6. The molecule has 0 bridgehead atoms. The van der Waals surface area contributed by atoms with E-state index in [9.17, 15) is 14.0 Å². The Morgan fingerprint density at radius 1 is 1.14 bits per heavy atom. The number of nitrogens with one attached hydrogen (secondary N) is 2. The topological polar surface area (TPSA) is 63.1 Å². The van der Waals surface area contributed by atoms with Gasteiger partial charge in [-0.05, 0) is 43.2 Å². The normalized spacial score (nSPS) is 14.5. The first kappa shape index (κ1) is 20.8. The number of nitrogens with zero attached hydrogens (tertiary/aromatic N) is 1. The van der Waals surface area contributed by atoms with E-state index in [0.717, 1.165) is 21.7 Å². The molecule has 3 rings (SSSR count). The van der Waals surface area contributed by atoms with Gasteiger partial charge in [-0.25, -0.2) is 4.39 Å². The fraction of sp³-hybridized carbons (Fsp3) is 0.364. The maximum Gasteiger partial charge on any atom is 0.279 e. The lowest BCUT2D eigenvalue weighted by Crippen LogP contribution is -3.15. The number of aryl methyl sites for hydroxylation is 1. The second-order valence-corrected chi connectivity index (χ2v) is 7.35. The quantitative estimate of drug-likeness (QED) is 0.766. The van der Waals surface area contributed by atoms with Crippen molar-refractivity contribution in [2.24, 2.45) is 0 Å². The lowest BCUT2D eigenvalue weighted by atomic mass is 10.1. The molecule has 154 valence electrons. The minimum Gasteiger partial charge on any atom is -0.484 e. The zero-order chi connectivity index (χ0) is 20.8. The molecule has 2 aromatic carbocycles. The van der Waals surface area contributed by atoms with Crippen molar-refractivity contribution in [3.63, 3.8) is 0 Å². The molecule has 6 nitrogen and oxygen atoms in total. The molecule has 0 aromatic heterocycles. The van der Waals surface area contributed by atoms with Crippen LogP contribution in [0.5, 0.6) is 5.75 Å². The van der Waals surface area contributed by atoms with Gasteiger partial charge in [0.15, 0.2) is 13.2 Å². The van der Waals surface area contributed by atoms with Gasteiger partial charge in [0.25, 0.3) is 11.8 Å². The standard InChI is InChI=1S/C22H26FN3O3/c1-16-5-3-8-20(17(16)2)24-21(27)14-25-9-11-26(12-10-25)22(28)15-29-19-7-4-6-18(23)13-19/h3-8,13H,9-12,14-15H2,1-2H3,(H,24,27)/p+1. The van der Waals surface area contributed by atoms with Crippen LogP contribution in [0.15, 0.2) is 42.5 Å². The summed E-state index contributed by atoms with van der Waals surface area (Å²) in [5.74, 6) is -0.215. The predicted molar refractivity (Wildman–Crippen MR) is 109 cm³/mol. The summed E-state index contributed by atoms with van der Waals surface area (Å²) in [5, 5.41) is 2.98. The van der Waals surface area contributed by atoms with Gasteiger partial charge >= 0.3 is 0 Å². The minimum atomic E-state index is -0.397. The molecule has 0 aliphatic carbocycles. The Hall–Kier alpha value is -2.93. The number of hydrogen-bond donors (Lipinski definition) is 2. The second kappa shape index (κ2) is 9.52. The maximum atomic E-state index is 13.2. The summed E-state index contributed by atoms with van der Waals surface area (Å²) < 4.78 is 18.5. The van der Waals surface area contributed by atoms with Crippen molar-refractivity contribution in [3.05, 3.63) is 59.4 Å². The van der Waals surface area contributed by atoms with Crippen LogP contribution in [-0.2, 0) is 9.59 Å². The Morgan fingerprint density at radius 2 is 1.86 bits per heavy atom. The number of hydrogen-bond acceptors (Lipinski definition) is 3. The van der Waals surface area contributed by atoms with Crippen molar-refractivity contribution in [3.8, 4) is 5.75 Å². The highest BCUT2D eigenvalue weighted by Crippen LogP contribution is 2.17. The third-order valence-electron chi connectivity index (χ3n) is 5.27. The summed E-state index contributed by atoms with van der Waals surface area (Å²) >= 11 is 0. The molecule has 1 aliphatic rings. The number of ether oxygens (including phenoxy) is 1. The van der Waals surface area contributed by atoms with Gasteiger partial charge in [0.1, 0.15) is 11.6 Å². The van der Waals surface area contributed by atoms with Crippen LogP contribution in [0, 0.1) is 19.7 Å². The van der Waals surface area contributed by atoms with Crippen molar-refractivity contribution in [2.45, 2.75) is 13.8 Å². The molecule has 1 heterocycles. The van der Waals surface area contributed by atoms with E-state index < -0.39 is 5.82 Å². The zero-order valence-corrected chi connectivity index (χ0v) is 16.8. The Labute approximate surface area is 170 Å². The average molecular weight is 400 g/mol. The number of carbonyl (C=O) groups excluding carboxylic acids is 2. The lowest BCUT2D eigenvalue weighted by Gasteiger charge is -2.31. The van der Waals surface area contributed by atoms with Crippen LogP contribution in [0.2, 0.25) is 0 Å². The Bertz CT molecular complexity index is 879. The van der Waals surface area contributed by atoms with Gasteiger partial charge in [-0.15, -0.1) is 0 Å². The first-order valence-corrected chi connectivity index (χ1v) is 9.78. The van der Waals surface area contributed by atoms with Gasteiger partial charge in [-0.1, -0.05) is 18.2 Å². The first-order chi connectivity index (χ1) is 13.9. The zero-order valence-electron chi connectivity index (χ0n) is 16.8. The molecule has 0 saturated carbocycles. The Morgan fingerprint density at radius 3 is 2.59 bits per heavy atom. The van der Waals surface area contributed by atoms with Crippen LogP contribution in [0.4, 0.5) is 10.1 Å². The number of carbonyl (C=O) groups is 2. The summed E-state index contributed by atoms with van der Waals surface area (Å²) in [6.07, 6.45) is 0. The van der Waals surface area contributed by atoms with E-state index in [1.807, 2.05) is 32.0 Å². The molecule has 0 atom stereocenters. The first-order valence-electron chi connectivity index (χ1n) is 9.78. The minimum absolute atomic E-state index is 0.0251. The Balaban J connectivity index is 1.42. The van der Waals surface area contributed by atoms with Gasteiger partial charge in [0.2, 0.25) is 0 Å². The molecule has 1 saturated heterocycles. The molecular weight excluding hydrogens is 373 g/mol. The number of halogens is 1. The summed E-state index contributed by atoms with van der Waals surface area (Å²) in [7, 11) is 0. The summed E-state index contributed by atoms with van der Waals surface area (Å²) in [4.78, 5) is 27.6. The highest BCUT2D eigenvalue weighted by atomic mass is 19.1. The smallest absolute Gasteiger partial charge is 0.279 e. The third-order valence-corrected chi connectivity index (χ3v) is 5.27. The fourth-order valence-corrected chi connectivity index (χ4v) is 3.35. The van der Waals surface area contributed by atoms with Gasteiger partial charge in [-0.3, -0.25) is 9.59 Å². The molecule has 0 unspecified atom stereocenters. The SMILES string of the molecule is Cc1cccc(NC(=O)C[NH+]2CCN(C(=O)COc3cccc(F)c3)CC2)c1C. The number of amides is 2. The van der Waals surface area contributed by atoms with Crippen LogP contribution in [0.1, 0.15) is 11.1 Å². The van der Waals surface area contributed by atoms with Crippen molar-refractivity contribution in [1.82, 2.24) is 4.90 Å². The number of benzene rings is 2. The molecule has 7 heteroatoms. The molecule has 0 radical (unpaired) electrons. The van der Waals surface area contributed by atoms with Crippen LogP contribution < -0.4 is 15.0 Å². The molecule has 2 N–H and O–H groups in total. The number of piperazine rings is 1. The predicted octanol–water partition coefficient (Wildman–Crippen LogP) is 1.19. The molecular formula is C22H27FN3O3+. The van der Waals surface area contributed by atoms with E-state index in [1.54, 1.807) is 17.0 Å². The largest absolute Gasteiger partial charge is 0.484 e. The van der Waals surface area contributed by atoms with Crippen molar-refractivity contribution in [1.29, 1.82) is 0 Å². The van der Waals surface area contributed by atoms with Gasteiger partial charge in [0, 0.05) is 11.8 Å². The van der Waals surface area contributed by atoms with E-state index >= 15 is 0 Å². The molecule has 1 aliphatic heterocycles. The number of anilines is 1. The summed E-state index contributed by atoms with van der Waals surface area (Å²) in [6, 6.07) is 11.6. The van der Waals surface area contributed by atoms with Crippen LogP contribution in [-0.4, -0.2) is 56.0 Å². The number of quaternary nitrogens is 1. The van der Waals surface area contributed by atoms with E-state index in [1.165, 1.54) is 12.1 Å². The Kier molecular flexibility index (Phi) is 6.82. The second-order valence-electron chi connectivity index (χ2n) is 7.35. The monoisotopic (exact) mass is 400 g/mol. The van der Waals surface area contributed by atoms with Crippen molar-refractivity contribution in [2.75, 3.05) is 44.6 Å².